The molecule has 0 radical (unpaired) electrons. The van der Waals surface area contributed by atoms with Crippen molar-refractivity contribution in [3.05, 3.63) is 41.3 Å². The number of anilines is 1. The maximum atomic E-state index is 14.7. The van der Waals surface area contributed by atoms with E-state index in [1.807, 2.05) is 0 Å². The maximum absolute atomic E-state index is 14.7. The molecule has 3 fully saturated rings. The number of nitrogens with zero attached hydrogens (tertiary/aromatic N) is 6. The molecular weight excluding hydrogens is 697 g/mol. The monoisotopic (exact) mass is 722 g/mol. The molecule has 248 valence electrons. The van der Waals surface area contributed by atoms with Crippen molar-refractivity contribution in [2.45, 2.75) is 55.5 Å². The molecule has 24 heteroatoms. The summed E-state index contributed by atoms with van der Waals surface area (Å²) in [5.41, 5.74) is 5.50. The van der Waals surface area contributed by atoms with Crippen molar-refractivity contribution >= 4 is 65.1 Å². The highest BCUT2D eigenvalue weighted by Crippen LogP contribution is 2.53. The first kappa shape index (κ1) is 32.2. The number of imidazole rings is 1. The SMILES string of the molecule is Nc1ncnc2c1ncn2[C@@H]1O[C@@H]2CCOP(O)(=S)O[C@H]3[C@@H](O)[C@H](n4cc(F)c5c(=O)[nH]cnc54)O[C@@H]3COP(O)(=S)O[C@@H]1[C@@H]2O. The molecule has 0 spiro atoms. The van der Waals surface area contributed by atoms with Crippen molar-refractivity contribution in [2.24, 2.45) is 0 Å². The van der Waals surface area contributed by atoms with E-state index in [4.69, 9.17) is 56.9 Å². The number of hydrogen-bond acceptors (Lipinski definition) is 16. The van der Waals surface area contributed by atoms with Crippen LogP contribution in [0.15, 0.2) is 30.0 Å². The van der Waals surface area contributed by atoms with Crippen molar-refractivity contribution in [1.82, 2.24) is 34.1 Å². The second-order valence-electron chi connectivity index (χ2n) is 10.5. The summed E-state index contributed by atoms with van der Waals surface area (Å²) in [6, 6.07) is 0. The van der Waals surface area contributed by atoms with Gasteiger partial charge in [-0.1, -0.05) is 0 Å². The Morgan fingerprint density at radius 2 is 1.70 bits per heavy atom. The molecule has 0 aromatic carbocycles. The van der Waals surface area contributed by atoms with Crippen LogP contribution in [0.3, 0.4) is 0 Å². The Balaban J connectivity index is 1.20. The van der Waals surface area contributed by atoms with E-state index in [1.165, 1.54) is 17.2 Å². The number of nitrogens with two attached hydrogens (primary N) is 1. The number of nitrogens with one attached hydrogen (secondary N) is 1. The predicted octanol–water partition coefficient (Wildman–Crippen LogP) is -0.557. The smallest absolute Gasteiger partial charge is 0.325 e. The fourth-order valence-corrected chi connectivity index (χ4v) is 8.53. The third kappa shape index (κ3) is 5.71. The molecule has 7 heterocycles. The van der Waals surface area contributed by atoms with Crippen LogP contribution >= 0.6 is 13.4 Å². The van der Waals surface area contributed by atoms with Crippen molar-refractivity contribution < 1.29 is 52.0 Å². The van der Waals surface area contributed by atoms with E-state index >= 15 is 0 Å². The van der Waals surface area contributed by atoms with Gasteiger partial charge in [0.1, 0.15) is 47.8 Å². The third-order valence-corrected chi connectivity index (χ3v) is 10.8. The molecule has 3 saturated heterocycles. The van der Waals surface area contributed by atoms with E-state index in [2.05, 4.69) is 24.9 Å². The van der Waals surface area contributed by atoms with Gasteiger partial charge in [-0.3, -0.25) is 18.4 Å². The van der Waals surface area contributed by atoms with Crippen LogP contribution < -0.4 is 11.3 Å². The molecule has 0 aliphatic carbocycles. The number of aliphatic hydroxyl groups excluding tert-OH is 2. The van der Waals surface area contributed by atoms with Gasteiger partial charge < -0.3 is 53.8 Å². The number of aromatic amines is 1. The van der Waals surface area contributed by atoms with E-state index in [9.17, 15) is 29.2 Å². The van der Waals surface area contributed by atoms with Crippen LogP contribution in [0.4, 0.5) is 10.2 Å². The average Bonchev–Trinajstić information content (AvgIpc) is 3.73. The van der Waals surface area contributed by atoms with Gasteiger partial charge in [0.15, 0.2) is 35.4 Å². The summed E-state index contributed by atoms with van der Waals surface area (Å²) >= 11 is 10.5. The second-order valence-corrected chi connectivity index (χ2v) is 16.1. The molecule has 4 aromatic heterocycles. The lowest BCUT2D eigenvalue weighted by molar-refractivity contribution is -0.0539. The Labute approximate surface area is 266 Å². The van der Waals surface area contributed by atoms with Crippen LogP contribution in [-0.2, 0) is 51.2 Å². The van der Waals surface area contributed by atoms with Gasteiger partial charge >= 0.3 is 13.4 Å². The van der Waals surface area contributed by atoms with Crippen molar-refractivity contribution in [1.29, 1.82) is 0 Å². The molecule has 19 nitrogen and oxygen atoms in total. The summed E-state index contributed by atoms with van der Waals surface area (Å²) in [5, 5.41) is 22.1. The molecule has 2 unspecified atom stereocenters. The van der Waals surface area contributed by atoms with Gasteiger partial charge in [-0.05, 0) is 23.6 Å². The number of aromatic nitrogens is 7. The minimum atomic E-state index is -4.24. The highest BCUT2D eigenvalue weighted by atomic mass is 32.5. The molecule has 7 N–H and O–H groups in total. The molecule has 3 aliphatic rings. The zero-order chi connectivity index (χ0) is 32.5. The Morgan fingerprint density at radius 3 is 2.50 bits per heavy atom. The van der Waals surface area contributed by atoms with E-state index in [0.29, 0.717) is 0 Å². The summed E-state index contributed by atoms with van der Waals surface area (Å²) in [6.45, 7) is -9.25. The molecule has 46 heavy (non-hydrogen) atoms. The van der Waals surface area contributed by atoms with Gasteiger partial charge in [0.2, 0.25) is 0 Å². The average molecular weight is 723 g/mol. The molecule has 0 saturated carbocycles. The summed E-state index contributed by atoms with van der Waals surface area (Å²) in [7, 11) is 0. The molecular formula is C22H25FN8O11P2S2. The number of fused-ring (bicyclic) bond motifs is 5. The van der Waals surface area contributed by atoms with E-state index in [0.717, 1.165) is 17.1 Å². The van der Waals surface area contributed by atoms with Gasteiger partial charge in [-0.25, -0.2) is 24.3 Å². The van der Waals surface area contributed by atoms with Crippen LogP contribution in [-0.4, -0.2) is 104 Å². The Hall–Kier alpha value is -2.40. The van der Waals surface area contributed by atoms with Gasteiger partial charge in [-0.2, -0.15) is 0 Å². The van der Waals surface area contributed by atoms with E-state index < -0.39 is 80.5 Å². The molecule has 10 atom stereocenters. The number of rotatable bonds is 2. The molecule has 4 aromatic rings. The first-order chi connectivity index (χ1) is 21.8. The minimum absolute atomic E-state index is 0.0522. The first-order valence-corrected chi connectivity index (χ1v) is 18.7. The number of aliphatic hydroxyl groups is 2. The van der Waals surface area contributed by atoms with Gasteiger partial charge in [0, 0.05) is 12.6 Å². The van der Waals surface area contributed by atoms with Crippen molar-refractivity contribution in [2.75, 3.05) is 18.9 Å². The Bertz CT molecular complexity index is 1970. The fraction of sp³-hybridized carbons (Fsp3) is 0.500. The van der Waals surface area contributed by atoms with Gasteiger partial charge in [-0.15, -0.1) is 0 Å². The zero-order valence-electron chi connectivity index (χ0n) is 23.0. The van der Waals surface area contributed by atoms with Crippen LogP contribution in [0.2, 0.25) is 0 Å². The van der Waals surface area contributed by atoms with Crippen LogP contribution in [0.1, 0.15) is 18.9 Å². The number of halogens is 1. The normalized spacial score (nSPS) is 37.4. The van der Waals surface area contributed by atoms with Crippen molar-refractivity contribution in [3.8, 4) is 0 Å². The Morgan fingerprint density at radius 1 is 0.957 bits per heavy atom. The molecule has 7 rings (SSSR count). The minimum Gasteiger partial charge on any atom is -0.387 e. The lowest BCUT2D eigenvalue weighted by atomic mass is 10.1. The highest BCUT2D eigenvalue weighted by molar-refractivity contribution is 8.07. The van der Waals surface area contributed by atoms with Gasteiger partial charge in [0.25, 0.3) is 5.56 Å². The van der Waals surface area contributed by atoms with E-state index in [-0.39, 0.29) is 41.0 Å². The van der Waals surface area contributed by atoms with Crippen LogP contribution in [0, 0.1) is 5.82 Å². The lowest BCUT2D eigenvalue weighted by Crippen LogP contribution is -2.37. The lowest BCUT2D eigenvalue weighted by Gasteiger charge is -2.29. The van der Waals surface area contributed by atoms with Gasteiger partial charge in [0.05, 0.1) is 32.0 Å². The largest absolute Gasteiger partial charge is 0.387 e. The standard InChI is InChI=1S/C22H25FN8O11P2S2/c23-8-3-30(18-11(8)20(34)28-6-26-18)21-14(33)15-10(40-21)4-38-44(36,46)42-16-13(32)9(1-2-37-43(35,45)41-15)39-22(16)31-7-29-12-17(24)25-5-27-19(12)31/h3,5-7,9-10,13-16,21-22,32-33H,1-2,4H2,(H,35,45)(H,36,46)(H2,24,25,27)(H,26,28,34)/t9-,10-,13-,14-,15-,16-,21-,22-,43?,44?/m1/s1. The Kier molecular flexibility index (Phi) is 8.34. The fourth-order valence-electron chi connectivity index (χ4n) is 5.63. The quantitative estimate of drug-likeness (QED) is 0.142. The first-order valence-electron chi connectivity index (χ1n) is 13.5. The number of H-pyrrole nitrogens is 1. The highest BCUT2D eigenvalue weighted by Gasteiger charge is 2.51. The number of hydrogen-bond donors (Lipinski definition) is 6. The van der Waals surface area contributed by atoms with Crippen molar-refractivity contribution in [3.63, 3.8) is 0 Å². The number of nitrogen functional groups attached to an aromatic ring is 1. The van der Waals surface area contributed by atoms with Crippen LogP contribution in [0.25, 0.3) is 22.2 Å². The summed E-state index contributed by atoms with van der Waals surface area (Å²) in [6.07, 6.45) is -6.28. The maximum Gasteiger partial charge on any atom is 0.325 e. The molecule has 3 aliphatic heterocycles. The molecule has 2 bridgehead atoms. The number of ether oxygens (including phenoxy) is 2. The summed E-state index contributed by atoms with van der Waals surface area (Å²) < 4.78 is 51.8. The molecule has 0 amide bonds. The third-order valence-electron chi connectivity index (χ3n) is 7.70. The second kappa shape index (κ2) is 11.9. The predicted molar refractivity (Wildman–Crippen MR) is 159 cm³/mol. The van der Waals surface area contributed by atoms with Crippen LogP contribution in [0.5, 0.6) is 0 Å². The topological polar surface area (TPSA) is 257 Å². The van der Waals surface area contributed by atoms with E-state index in [1.54, 1.807) is 0 Å². The summed E-state index contributed by atoms with van der Waals surface area (Å²) in [5.74, 6) is -0.840. The summed E-state index contributed by atoms with van der Waals surface area (Å²) in [4.78, 5) is 52.8. The zero-order valence-corrected chi connectivity index (χ0v) is 26.5.